The van der Waals surface area contributed by atoms with Crippen LogP contribution in [-0.4, -0.2) is 43.9 Å². The molecule has 0 saturated carbocycles. The van der Waals surface area contributed by atoms with Crippen molar-refractivity contribution < 1.29 is 19.0 Å². The molecular weight excluding hydrogens is 282 g/mol. The molecule has 6 heteroatoms. The average Bonchev–Trinajstić information content (AvgIpc) is 2.88. The molecule has 110 valence electrons. The molecule has 0 spiro atoms. The maximum absolute atomic E-state index is 12.1. The predicted octanol–water partition coefficient (Wildman–Crippen LogP) is 2.09. The molecule has 5 nitrogen and oxygen atoms in total. The van der Waals surface area contributed by atoms with Crippen LogP contribution in [0.4, 0.5) is 0 Å². The van der Waals surface area contributed by atoms with Crippen LogP contribution < -0.4 is 9.47 Å². The topological polar surface area (TPSA) is 48.0 Å². The van der Waals surface area contributed by atoms with Gasteiger partial charge < -0.3 is 19.1 Å². The molecule has 2 aliphatic heterocycles. The third-order valence-corrected chi connectivity index (χ3v) is 3.55. The number of fused-ring (bicyclic) bond motifs is 1. The van der Waals surface area contributed by atoms with Gasteiger partial charge in [-0.15, -0.1) is 12.4 Å². The quantitative estimate of drug-likeness (QED) is 0.783. The third kappa shape index (κ3) is 3.16. The van der Waals surface area contributed by atoms with Gasteiger partial charge in [-0.3, -0.25) is 0 Å². The van der Waals surface area contributed by atoms with Crippen LogP contribution in [0.25, 0.3) is 0 Å². The van der Waals surface area contributed by atoms with Crippen LogP contribution in [0.2, 0.25) is 0 Å². The normalized spacial score (nSPS) is 18.4. The average molecular weight is 300 g/mol. The van der Waals surface area contributed by atoms with E-state index in [9.17, 15) is 4.79 Å². The minimum Gasteiger partial charge on any atom is -0.459 e. The highest BCUT2D eigenvalue weighted by Gasteiger charge is 2.22. The van der Waals surface area contributed by atoms with Crippen molar-refractivity contribution in [2.24, 2.45) is 0 Å². The molecule has 0 atom stereocenters. The molecule has 3 rings (SSSR count). The lowest BCUT2D eigenvalue weighted by Gasteiger charge is -2.28. The van der Waals surface area contributed by atoms with Crippen LogP contribution in [0.1, 0.15) is 23.2 Å². The summed E-state index contributed by atoms with van der Waals surface area (Å²) in [5.41, 5.74) is 0.517. The van der Waals surface area contributed by atoms with Crippen LogP contribution in [0.3, 0.4) is 0 Å². The fraction of sp³-hybridized carbons (Fsp3) is 0.500. The van der Waals surface area contributed by atoms with Gasteiger partial charge in [0.15, 0.2) is 11.5 Å². The van der Waals surface area contributed by atoms with Gasteiger partial charge >= 0.3 is 5.97 Å². The molecule has 0 N–H and O–H groups in total. The number of hydrogen-bond donors (Lipinski definition) is 0. The van der Waals surface area contributed by atoms with E-state index in [0.29, 0.717) is 17.1 Å². The van der Waals surface area contributed by atoms with E-state index in [1.165, 1.54) is 0 Å². The van der Waals surface area contributed by atoms with Crippen LogP contribution in [0.15, 0.2) is 18.2 Å². The van der Waals surface area contributed by atoms with Crippen molar-refractivity contribution in [3.8, 4) is 11.5 Å². The zero-order valence-electron chi connectivity index (χ0n) is 11.3. The predicted molar refractivity (Wildman–Crippen MR) is 75.7 cm³/mol. The molecule has 1 saturated heterocycles. The molecule has 0 bridgehead atoms. The van der Waals surface area contributed by atoms with E-state index in [1.807, 2.05) is 0 Å². The molecule has 0 radical (unpaired) electrons. The van der Waals surface area contributed by atoms with Crippen molar-refractivity contribution in [3.05, 3.63) is 23.8 Å². The van der Waals surface area contributed by atoms with Gasteiger partial charge in [-0.05, 0) is 38.1 Å². The number of esters is 1. The van der Waals surface area contributed by atoms with Gasteiger partial charge in [-0.2, -0.15) is 0 Å². The second-order valence-corrected chi connectivity index (χ2v) is 4.98. The molecule has 1 aromatic rings. The van der Waals surface area contributed by atoms with Gasteiger partial charge in [-0.25, -0.2) is 4.79 Å². The summed E-state index contributed by atoms with van der Waals surface area (Å²) in [5.74, 6) is 1.00. The van der Waals surface area contributed by atoms with Crippen molar-refractivity contribution in [1.82, 2.24) is 4.90 Å². The summed E-state index contributed by atoms with van der Waals surface area (Å²) in [6, 6.07) is 5.14. The van der Waals surface area contributed by atoms with Gasteiger partial charge in [0.1, 0.15) is 6.10 Å². The van der Waals surface area contributed by atoms with E-state index in [-0.39, 0.29) is 31.3 Å². The van der Waals surface area contributed by atoms with E-state index in [4.69, 9.17) is 14.2 Å². The second kappa shape index (κ2) is 6.33. The van der Waals surface area contributed by atoms with Crippen LogP contribution in [0.5, 0.6) is 11.5 Å². The summed E-state index contributed by atoms with van der Waals surface area (Å²) < 4.78 is 16.0. The zero-order chi connectivity index (χ0) is 13.2. The first kappa shape index (κ1) is 14.9. The van der Waals surface area contributed by atoms with Crippen LogP contribution >= 0.6 is 12.4 Å². The van der Waals surface area contributed by atoms with Crippen molar-refractivity contribution in [1.29, 1.82) is 0 Å². The van der Waals surface area contributed by atoms with Crippen molar-refractivity contribution in [3.63, 3.8) is 0 Å². The second-order valence-electron chi connectivity index (χ2n) is 4.98. The summed E-state index contributed by atoms with van der Waals surface area (Å²) in [6.07, 6.45) is 1.81. The number of halogens is 1. The lowest BCUT2D eigenvalue weighted by molar-refractivity contribution is 0.0139. The van der Waals surface area contributed by atoms with Gasteiger partial charge in [0.2, 0.25) is 6.79 Å². The van der Waals surface area contributed by atoms with Gasteiger partial charge in [-0.1, -0.05) is 0 Å². The highest BCUT2D eigenvalue weighted by molar-refractivity contribution is 5.90. The van der Waals surface area contributed by atoms with Crippen LogP contribution in [-0.2, 0) is 4.74 Å². The van der Waals surface area contributed by atoms with Crippen LogP contribution in [0, 0.1) is 0 Å². The molecule has 0 aromatic heterocycles. The Balaban J connectivity index is 0.00000147. The summed E-state index contributed by atoms with van der Waals surface area (Å²) in [7, 11) is 2.08. The molecule has 0 unspecified atom stereocenters. The smallest absolute Gasteiger partial charge is 0.338 e. The monoisotopic (exact) mass is 299 g/mol. The summed E-state index contributed by atoms with van der Waals surface area (Å²) in [6.45, 7) is 2.15. The van der Waals surface area contributed by atoms with Crippen molar-refractivity contribution in [2.75, 3.05) is 26.9 Å². The molecule has 2 heterocycles. The maximum atomic E-state index is 12.1. The first-order valence-electron chi connectivity index (χ1n) is 6.51. The number of piperidine rings is 1. The summed E-state index contributed by atoms with van der Waals surface area (Å²) >= 11 is 0. The minimum atomic E-state index is -0.284. The Bertz CT molecular complexity index is 486. The Labute approximate surface area is 124 Å². The Kier molecular flexibility index (Phi) is 4.73. The Morgan fingerprint density at radius 1 is 1.25 bits per heavy atom. The Hall–Kier alpha value is -1.46. The summed E-state index contributed by atoms with van der Waals surface area (Å²) in [4.78, 5) is 14.3. The largest absolute Gasteiger partial charge is 0.459 e. The molecule has 1 aromatic carbocycles. The first-order valence-corrected chi connectivity index (χ1v) is 6.51. The Morgan fingerprint density at radius 2 is 1.95 bits per heavy atom. The molecule has 2 aliphatic rings. The first-order chi connectivity index (χ1) is 9.22. The number of rotatable bonds is 2. The highest BCUT2D eigenvalue weighted by atomic mass is 35.5. The zero-order valence-corrected chi connectivity index (χ0v) is 12.1. The van der Waals surface area contributed by atoms with E-state index in [0.717, 1.165) is 25.9 Å². The van der Waals surface area contributed by atoms with E-state index < -0.39 is 0 Å². The van der Waals surface area contributed by atoms with Crippen molar-refractivity contribution >= 4 is 18.4 Å². The SMILES string of the molecule is CN1CCC(OC(=O)c2ccc3c(c2)OCO3)CC1.Cl. The number of carbonyl (C=O) groups is 1. The lowest BCUT2D eigenvalue weighted by Crippen LogP contribution is -2.35. The molecular formula is C14H18ClNO4. The standard InChI is InChI=1S/C14H17NO4.ClH/c1-15-6-4-11(5-7-15)19-14(16)10-2-3-12-13(8-10)18-9-17-12;/h2-3,8,11H,4-7,9H2,1H3;1H. The number of nitrogens with zero attached hydrogens (tertiary/aromatic N) is 1. The fourth-order valence-corrected chi connectivity index (χ4v) is 2.35. The lowest BCUT2D eigenvalue weighted by atomic mass is 10.1. The fourth-order valence-electron chi connectivity index (χ4n) is 2.35. The number of hydrogen-bond acceptors (Lipinski definition) is 5. The molecule has 0 aliphatic carbocycles. The third-order valence-electron chi connectivity index (χ3n) is 3.55. The number of likely N-dealkylation sites (tertiary alicyclic amines) is 1. The van der Waals surface area contributed by atoms with Crippen molar-refractivity contribution in [2.45, 2.75) is 18.9 Å². The minimum absolute atomic E-state index is 0. The molecule has 0 amide bonds. The van der Waals surface area contributed by atoms with E-state index in [1.54, 1.807) is 18.2 Å². The molecule has 1 fully saturated rings. The highest BCUT2D eigenvalue weighted by Crippen LogP contribution is 2.32. The maximum Gasteiger partial charge on any atom is 0.338 e. The van der Waals surface area contributed by atoms with E-state index >= 15 is 0 Å². The van der Waals surface area contributed by atoms with Gasteiger partial charge in [0.25, 0.3) is 0 Å². The van der Waals surface area contributed by atoms with Gasteiger partial charge in [0, 0.05) is 13.1 Å². The molecule has 20 heavy (non-hydrogen) atoms. The number of ether oxygens (including phenoxy) is 3. The van der Waals surface area contributed by atoms with E-state index in [2.05, 4.69) is 11.9 Å². The van der Waals surface area contributed by atoms with Gasteiger partial charge in [0.05, 0.1) is 5.56 Å². The Morgan fingerprint density at radius 3 is 2.70 bits per heavy atom. The number of benzene rings is 1. The number of carbonyl (C=O) groups excluding carboxylic acids is 1. The summed E-state index contributed by atoms with van der Waals surface area (Å²) in [5, 5.41) is 0.